The van der Waals surface area contributed by atoms with E-state index >= 15 is 0 Å². The molecule has 0 saturated heterocycles. The molecular formula is C11H8N2O3. The first-order chi connectivity index (χ1) is 7.79. The molecule has 5 heteroatoms. The molecule has 16 heavy (non-hydrogen) atoms. The SMILES string of the molecule is COC(=O)c1cc2oc3ccncc3c2[nH]1. The first-order valence-electron chi connectivity index (χ1n) is 4.73. The number of carbonyl (C=O) groups excluding carboxylic acids is 1. The zero-order valence-electron chi connectivity index (χ0n) is 8.48. The quantitative estimate of drug-likeness (QED) is 0.632. The van der Waals surface area contributed by atoms with E-state index in [1.807, 2.05) is 0 Å². The van der Waals surface area contributed by atoms with Crippen LogP contribution in [-0.2, 0) is 4.74 Å². The number of carbonyl (C=O) groups is 1. The highest BCUT2D eigenvalue weighted by Gasteiger charge is 2.14. The highest BCUT2D eigenvalue weighted by atomic mass is 16.5. The summed E-state index contributed by atoms with van der Waals surface area (Å²) in [6.45, 7) is 0. The van der Waals surface area contributed by atoms with E-state index in [4.69, 9.17) is 4.42 Å². The minimum atomic E-state index is -0.413. The number of methoxy groups -OCH3 is 1. The highest BCUT2D eigenvalue weighted by molar-refractivity contribution is 6.05. The average molecular weight is 216 g/mol. The van der Waals surface area contributed by atoms with Crippen LogP contribution in [0.3, 0.4) is 0 Å². The second-order valence-electron chi connectivity index (χ2n) is 3.39. The van der Waals surface area contributed by atoms with Crippen LogP contribution >= 0.6 is 0 Å². The summed E-state index contributed by atoms with van der Waals surface area (Å²) in [6.07, 6.45) is 3.35. The minimum Gasteiger partial charge on any atom is -0.464 e. The van der Waals surface area contributed by atoms with Crippen molar-refractivity contribution in [1.82, 2.24) is 9.97 Å². The summed E-state index contributed by atoms with van der Waals surface area (Å²) in [4.78, 5) is 18.3. The second-order valence-corrected chi connectivity index (χ2v) is 3.39. The summed E-state index contributed by atoms with van der Waals surface area (Å²) in [6, 6.07) is 3.40. The molecule has 0 aliphatic heterocycles. The Bertz CT molecular complexity index is 681. The van der Waals surface area contributed by atoms with Gasteiger partial charge >= 0.3 is 5.97 Å². The summed E-state index contributed by atoms with van der Waals surface area (Å²) in [5, 5.41) is 0.854. The van der Waals surface area contributed by atoms with Crippen LogP contribution in [0.5, 0.6) is 0 Å². The summed E-state index contributed by atoms with van der Waals surface area (Å²) in [5.74, 6) is -0.413. The normalized spacial score (nSPS) is 11.1. The number of esters is 1. The third kappa shape index (κ3) is 1.11. The van der Waals surface area contributed by atoms with Gasteiger partial charge in [0.05, 0.1) is 18.0 Å². The maximum atomic E-state index is 11.3. The number of nitrogens with one attached hydrogen (secondary N) is 1. The predicted octanol–water partition coefficient (Wildman–Crippen LogP) is 2.10. The molecule has 0 fully saturated rings. The Kier molecular flexibility index (Phi) is 1.73. The Labute approximate surface area is 90.0 Å². The lowest BCUT2D eigenvalue weighted by atomic mass is 10.3. The van der Waals surface area contributed by atoms with Gasteiger partial charge in [0.15, 0.2) is 5.58 Å². The third-order valence-corrected chi connectivity index (χ3v) is 2.46. The number of hydrogen-bond donors (Lipinski definition) is 1. The minimum absolute atomic E-state index is 0.377. The van der Waals surface area contributed by atoms with E-state index in [9.17, 15) is 4.79 Å². The van der Waals surface area contributed by atoms with Crippen molar-refractivity contribution in [2.45, 2.75) is 0 Å². The number of H-pyrrole nitrogens is 1. The van der Waals surface area contributed by atoms with Gasteiger partial charge in [-0.1, -0.05) is 0 Å². The topological polar surface area (TPSA) is 68.1 Å². The summed E-state index contributed by atoms with van der Waals surface area (Å²) < 4.78 is 10.2. The van der Waals surface area contributed by atoms with Gasteiger partial charge in [-0.15, -0.1) is 0 Å². The molecule has 3 heterocycles. The molecule has 0 aromatic carbocycles. The van der Waals surface area contributed by atoms with Crippen molar-refractivity contribution in [1.29, 1.82) is 0 Å². The number of aromatic amines is 1. The molecule has 0 radical (unpaired) electrons. The Balaban J connectivity index is 2.30. The molecule has 3 rings (SSSR count). The maximum absolute atomic E-state index is 11.3. The number of aromatic nitrogens is 2. The number of pyridine rings is 1. The fourth-order valence-electron chi connectivity index (χ4n) is 1.71. The fourth-order valence-corrected chi connectivity index (χ4v) is 1.71. The monoisotopic (exact) mass is 216 g/mol. The number of furan rings is 1. The summed E-state index contributed by atoms with van der Waals surface area (Å²) >= 11 is 0. The van der Waals surface area contributed by atoms with Gasteiger partial charge in [-0.2, -0.15) is 0 Å². The molecule has 1 N–H and O–H groups in total. The van der Waals surface area contributed by atoms with Gasteiger partial charge in [-0.05, 0) is 6.07 Å². The van der Waals surface area contributed by atoms with E-state index < -0.39 is 5.97 Å². The summed E-state index contributed by atoms with van der Waals surface area (Å²) in [5.41, 5.74) is 2.52. The Hall–Kier alpha value is -2.30. The zero-order valence-corrected chi connectivity index (χ0v) is 8.48. The molecule has 80 valence electrons. The lowest BCUT2D eigenvalue weighted by Crippen LogP contribution is -2.00. The van der Waals surface area contributed by atoms with E-state index in [1.54, 1.807) is 24.5 Å². The average Bonchev–Trinajstić information content (AvgIpc) is 2.85. The largest absolute Gasteiger partial charge is 0.464 e. The van der Waals surface area contributed by atoms with E-state index in [2.05, 4.69) is 14.7 Å². The van der Waals surface area contributed by atoms with Gasteiger partial charge in [-0.3, -0.25) is 4.98 Å². The van der Waals surface area contributed by atoms with Crippen LogP contribution in [0.25, 0.3) is 22.1 Å². The van der Waals surface area contributed by atoms with Crippen LogP contribution in [0, 0.1) is 0 Å². The molecule has 0 saturated carbocycles. The molecule has 0 aliphatic rings. The molecular weight excluding hydrogens is 208 g/mol. The Morgan fingerprint density at radius 3 is 3.19 bits per heavy atom. The lowest BCUT2D eigenvalue weighted by Gasteiger charge is -1.92. The van der Waals surface area contributed by atoms with Gasteiger partial charge in [-0.25, -0.2) is 4.79 Å². The first-order valence-corrected chi connectivity index (χ1v) is 4.73. The van der Waals surface area contributed by atoms with Crippen molar-refractivity contribution < 1.29 is 13.9 Å². The number of ether oxygens (including phenoxy) is 1. The number of nitrogens with zero attached hydrogens (tertiary/aromatic N) is 1. The van der Waals surface area contributed by atoms with Crippen LogP contribution in [0.2, 0.25) is 0 Å². The van der Waals surface area contributed by atoms with Crippen LogP contribution in [0.4, 0.5) is 0 Å². The van der Waals surface area contributed by atoms with Crippen LogP contribution in [0.1, 0.15) is 10.5 Å². The zero-order chi connectivity index (χ0) is 11.1. The molecule has 0 aliphatic carbocycles. The first kappa shape index (κ1) is 8.96. The van der Waals surface area contributed by atoms with Crippen molar-refractivity contribution in [3.8, 4) is 0 Å². The molecule has 0 spiro atoms. The smallest absolute Gasteiger partial charge is 0.354 e. The van der Waals surface area contributed by atoms with E-state index in [0.29, 0.717) is 11.3 Å². The van der Waals surface area contributed by atoms with E-state index in [-0.39, 0.29) is 0 Å². The van der Waals surface area contributed by atoms with Crippen molar-refractivity contribution in [3.05, 3.63) is 30.2 Å². The van der Waals surface area contributed by atoms with Crippen molar-refractivity contribution in [2.75, 3.05) is 7.11 Å². The molecule has 5 nitrogen and oxygen atoms in total. The molecule has 0 unspecified atom stereocenters. The van der Waals surface area contributed by atoms with Crippen molar-refractivity contribution >= 4 is 28.0 Å². The third-order valence-electron chi connectivity index (χ3n) is 2.46. The summed E-state index contributed by atoms with van der Waals surface area (Å²) in [7, 11) is 1.34. The van der Waals surface area contributed by atoms with Crippen LogP contribution in [-0.4, -0.2) is 23.0 Å². The van der Waals surface area contributed by atoms with Gasteiger partial charge in [0.25, 0.3) is 0 Å². The molecule has 3 aromatic rings. The molecule has 3 aromatic heterocycles. The van der Waals surface area contributed by atoms with Gasteiger partial charge in [0, 0.05) is 18.5 Å². The van der Waals surface area contributed by atoms with Crippen molar-refractivity contribution in [2.24, 2.45) is 0 Å². The highest BCUT2D eigenvalue weighted by Crippen LogP contribution is 2.27. The van der Waals surface area contributed by atoms with Crippen molar-refractivity contribution in [3.63, 3.8) is 0 Å². The van der Waals surface area contributed by atoms with Gasteiger partial charge < -0.3 is 14.1 Å². The molecule has 0 amide bonds. The Morgan fingerprint density at radius 2 is 2.38 bits per heavy atom. The number of fused-ring (bicyclic) bond motifs is 3. The van der Waals surface area contributed by atoms with E-state index in [1.165, 1.54) is 7.11 Å². The van der Waals surface area contributed by atoms with Crippen LogP contribution in [0.15, 0.2) is 28.9 Å². The lowest BCUT2D eigenvalue weighted by molar-refractivity contribution is 0.0595. The maximum Gasteiger partial charge on any atom is 0.354 e. The number of rotatable bonds is 1. The van der Waals surface area contributed by atoms with Gasteiger partial charge in [0.1, 0.15) is 11.3 Å². The van der Waals surface area contributed by atoms with Gasteiger partial charge in [0.2, 0.25) is 0 Å². The Morgan fingerprint density at radius 1 is 1.50 bits per heavy atom. The molecule has 0 atom stereocenters. The standard InChI is InChI=1S/C11H8N2O3/c1-15-11(14)7-4-9-10(13-7)6-5-12-3-2-8(6)16-9/h2-5,13H,1H3. The number of hydrogen-bond acceptors (Lipinski definition) is 4. The molecule has 0 bridgehead atoms. The van der Waals surface area contributed by atoms with E-state index in [0.717, 1.165) is 16.5 Å². The second kappa shape index (κ2) is 3.10. The van der Waals surface area contributed by atoms with Crippen LogP contribution < -0.4 is 0 Å². The predicted molar refractivity (Wildman–Crippen MR) is 57.2 cm³/mol. The fraction of sp³-hybridized carbons (Fsp3) is 0.0909.